The highest BCUT2D eigenvalue weighted by Gasteiger charge is 2.17. The molecule has 0 aromatic carbocycles. The van der Waals surface area contributed by atoms with Crippen LogP contribution in [-0.2, 0) is 11.3 Å². The van der Waals surface area contributed by atoms with Gasteiger partial charge in [0, 0.05) is 32.4 Å². The molecule has 0 amide bonds. The number of nitrogens with zero attached hydrogens (tertiary/aromatic N) is 3. The van der Waals surface area contributed by atoms with E-state index in [4.69, 9.17) is 4.74 Å². The smallest absolute Gasteiger partial charge is 0.191 e. The maximum absolute atomic E-state index is 5.57. The molecular formula is C17H29N5O. The minimum absolute atomic E-state index is 0.266. The molecule has 0 radical (unpaired) electrons. The standard InChI is InChI=1S/C17H29N5O/c1-4-8-19-17(18-5-2)21-12-15-6-7-16(20-11-15)22-9-10-23-14(3)13-22/h6-7,11,14H,4-5,8-10,12-13H2,1-3H3,(H2,18,19,21). The Balaban J connectivity index is 1.93. The summed E-state index contributed by atoms with van der Waals surface area (Å²) in [4.78, 5) is 11.5. The molecule has 23 heavy (non-hydrogen) atoms. The number of morpholine rings is 1. The van der Waals surface area contributed by atoms with Crippen LogP contribution in [0.5, 0.6) is 0 Å². The number of anilines is 1. The third-order valence-corrected chi connectivity index (χ3v) is 3.68. The van der Waals surface area contributed by atoms with Gasteiger partial charge in [0.2, 0.25) is 0 Å². The van der Waals surface area contributed by atoms with E-state index in [9.17, 15) is 0 Å². The van der Waals surface area contributed by atoms with E-state index in [1.54, 1.807) is 0 Å². The third-order valence-electron chi connectivity index (χ3n) is 3.68. The molecule has 0 saturated carbocycles. The predicted octanol–water partition coefficient (Wildman–Crippen LogP) is 1.77. The van der Waals surface area contributed by atoms with E-state index in [1.807, 2.05) is 6.20 Å². The number of ether oxygens (including phenoxy) is 1. The number of hydrogen-bond acceptors (Lipinski definition) is 4. The number of aliphatic imine (C=N–C) groups is 1. The molecule has 1 fully saturated rings. The van der Waals surface area contributed by atoms with Gasteiger partial charge in [0.15, 0.2) is 5.96 Å². The van der Waals surface area contributed by atoms with Gasteiger partial charge in [-0.3, -0.25) is 0 Å². The van der Waals surface area contributed by atoms with Gasteiger partial charge < -0.3 is 20.3 Å². The lowest BCUT2D eigenvalue weighted by molar-refractivity contribution is 0.0529. The van der Waals surface area contributed by atoms with Crippen LogP contribution in [0.3, 0.4) is 0 Å². The van der Waals surface area contributed by atoms with Crippen LogP contribution in [0, 0.1) is 0 Å². The maximum atomic E-state index is 5.57. The quantitative estimate of drug-likeness (QED) is 0.618. The van der Waals surface area contributed by atoms with Gasteiger partial charge >= 0.3 is 0 Å². The molecule has 0 bridgehead atoms. The molecule has 2 heterocycles. The SMILES string of the molecule is CCCNC(=NCc1ccc(N2CCOC(C)C2)nc1)NCC. The van der Waals surface area contributed by atoms with Crippen molar-refractivity contribution in [1.29, 1.82) is 0 Å². The molecule has 1 atom stereocenters. The maximum Gasteiger partial charge on any atom is 0.191 e. The van der Waals surface area contributed by atoms with Gasteiger partial charge in [-0.2, -0.15) is 0 Å². The number of hydrogen-bond donors (Lipinski definition) is 2. The first-order chi connectivity index (χ1) is 11.2. The largest absolute Gasteiger partial charge is 0.375 e. The fraction of sp³-hybridized carbons (Fsp3) is 0.647. The van der Waals surface area contributed by atoms with Gasteiger partial charge in [-0.25, -0.2) is 9.98 Å². The van der Waals surface area contributed by atoms with E-state index in [-0.39, 0.29) is 6.10 Å². The van der Waals surface area contributed by atoms with Crippen LogP contribution in [0.2, 0.25) is 0 Å². The topological polar surface area (TPSA) is 61.8 Å². The first-order valence-electron chi connectivity index (χ1n) is 8.56. The molecular weight excluding hydrogens is 290 g/mol. The zero-order valence-electron chi connectivity index (χ0n) is 14.5. The van der Waals surface area contributed by atoms with Crippen LogP contribution in [0.25, 0.3) is 0 Å². The second-order valence-corrected chi connectivity index (χ2v) is 5.77. The van der Waals surface area contributed by atoms with E-state index in [2.05, 4.69) is 58.4 Å². The minimum Gasteiger partial charge on any atom is -0.375 e. The van der Waals surface area contributed by atoms with Gasteiger partial charge in [-0.1, -0.05) is 13.0 Å². The van der Waals surface area contributed by atoms with Crippen LogP contribution in [0.1, 0.15) is 32.8 Å². The Morgan fingerprint density at radius 1 is 1.39 bits per heavy atom. The first-order valence-corrected chi connectivity index (χ1v) is 8.56. The van der Waals surface area contributed by atoms with Crippen LogP contribution in [-0.4, -0.2) is 49.8 Å². The highest BCUT2D eigenvalue weighted by Crippen LogP contribution is 2.15. The summed E-state index contributed by atoms with van der Waals surface area (Å²) >= 11 is 0. The average molecular weight is 319 g/mol. The Morgan fingerprint density at radius 3 is 2.91 bits per heavy atom. The highest BCUT2D eigenvalue weighted by molar-refractivity contribution is 5.79. The zero-order chi connectivity index (χ0) is 16.5. The Labute approximate surface area is 139 Å². The Bertz CT molecular complexity index is 488. The predicted molar refractivity (Wildman–Crippen MR) is 95.0 cm³/mol. The van der Waals surface area contributed by atoms with Crippen molar-refractivity contribution in [2.24, 2.45) is 4.99 Å². The van der Waals surface area contributed by atoms with Gasteiger partial charge in [-0.15, -0.1) is 0 Å². The van der Waals surface area contributed by atoms with Crippen LogP contribution in [0.15, 0.2) is 23.3 Å². The number of guanidine groups is 1. The summed E-state index contributed by atoms with van der Waals surface area (Å²) in [6.45, 7) is 11.3. The Morgan fingerprint density at radius 2 is 2.26 bits per heavy atom. The fourth-order valence-corrected chi connectivity index (χ4v) is 2.48. The normalized spacial score (nSPS) is 18.8. The van der Waals surface area contributed by atoms with Crippen molar-refractivity contribution in [3.63, 3.8) is 0 Å². The number of rotatable bonds is 6. The Kier molecular flexibility index (Phi) is 7.13. The van der Waals surface area contributed by atoms with Gasteiger partial charge in [-0.05, 0) is 31.9 Å². The molecule has 6 nitrogen and oxygen atoms in total. The lowest BCUT2D eigenvalue weighted by Gasteiger charge is -2.32. The fourth-order valence-electron chi connectivity index (χ4n) is 2.48. The first kappa shape index (κ1) is 17.5. The van der Waals surface area contributed by atoms with Gasteiger partial charge in [0.05, 0.1) is 19.3 Å². The number of pyridine rings is 1. The third kappa shape index (κ3) is 5.71. The van der Waals surface area contributed by atoms with Crippen molar-refractivity contribution in [3.8, 4) is 0 Å². The van der Waals surface area contributed by atoms with Gasteiger partial charge in [0.25, 0.3) is 0 Å². The van der Waals surface area contributed by atoms with Crippen LogP contribution < -0.4 is 15.5 Å². The molecule has 6 heteroatoms. The van der Waals surface area contributed by atoms with Gasteiger partial charge in [0.1, 0.15) is 5.82 Å². The molecule has 1 aliphatic rings. The summed E-state index contributed by atoms with van der Waals surface area (Å²) in [7, 11) is 0. The van der Waals surface area contributed by atoms with Crippen molar-refractivity contribution < 1.29 is 4.74 Å². The summed E-state index contributed by atoms with van der Waals surface area (Å²) in [5.74, 6) is 1.88. The second kappa shape index (κ2) is 9.35. The highest BCUT2D eigenvalue weighted by atomic mass is 16.5. The van der Waals surface area contributed by atoms with Crippen LogP contribution in [0.4, 0.5) is 5.82 Å². The van der Waals surface area contributed by atoms with E-state index < -0.39 is 0 Å². The summed E-state index contributed by atoms with van der Waals surface area (Å²) in [5, 5.41) is 6.56. The number of aromatic nitrogens is 1. The Hall–Kier alpha value is -1.82. The summed E-state index contributed by atoms with van der Waals surface area (Å²) in [6.07, 6.45) is 3.27. The van der Waals surface area contributed by atoms with Crippen molar-refractivity contribution in [1.82, 2.24) is 15.6 Å². The summed E-state index contributed by atoms with van der Waals surface area (Å²) in [6, 6.07) is 4.19. The molecule has 1 unspecified atom stereocenters. The molecule has 2 rings (SSSR count). The lowest BCUT2D eigenvalue weighted by atomic mass is 10.2. The molecule has 1 aliphatic heterocycles. The van der Waals surface area contributed by atoms with Crippen molar-refractivity contribution in [3.05, 3.63) is 23.9 Å². The molecule has 1 saturated heterocycles. The zero-order valence-corrected chi connectivity index (χ0v) is 14.5. The molecule has 128 valence electrons. The number of nitrogens with one attached hydrogen (secondary N) is 2. The average Bonchev–Trinajstić information content (AvgIpc) is 2.58. The van der Waals surface area contributed by atoms with E-state index >= 15 is 0 Å². The molecule has 1 aromatic rings. The van der Waals surface area contributed by atoms with Crippen molar-refractivity contribution in [2.75, 3.05) is 37.7 Å². The van der Waals surface area contributed by atoms with E-state index in [1.165, 1.54) is 0 Å². The van der Waals surface area contributed by atoms with E-state index in [0.717, 1.165) is 56.5 Å². The second-order valence-electron chi connectivity index (χ2n) is 5.77. The monoisotopic (exact) mass is 319 g/mol. The van der Waals surface area contributed by atoms with Crippen molar-refractivity contribution in [2.45, 2.75) is 39.8 Å². The van der Waals surface area contributed by atoms with Crippen LogP contribution >= 0.6 is 0 Å². The molecule has 2 N–H and O–H groups in total. The minimum atomic E-state index is 0.266. The summed E-state index contributed by atoms with van der Waals surface area (Å²) in [5.41, 5.74) is 1.11. The molecule has 1 aromatic heterocycles. The summed E-state index contributed by atoms with van der Waals surface area (Å²) < 4.78 is 5.57. The lowest BCUT2D eigenvalue weighted by Crippen LogP contribution is -2.41. The molecule has 0 spiro atoms. The van der Waals surface area contributed by atoms with E-state index in [0.29, 0.717) is 6.54 Å². The molecule has 0 aliphatic carbocycles. The van der Waals surface area contributed by atoms with Crippen molar-refractivity contribution >= 4 is 11.8 Å².